The highest BCUT2D eigenvalue weighted by Gasteiger charge is 2.23. The SMILES string of the molecule is CC(NC(C)(O)O)c1cccc(C(=O)c2ccccc2S)c1S. The zero-order valence-corrected chi connectivity index (χ0v) is 14.6. The third-order valence-corrected chi connectivity index (χ3v) is 4.31. The number of hydrogen-bond acceptors (Lipinski definition) is 6. The van der Waals surface area contributed by atoms with Crippen molar-refractivity contribution < 1.29 is 15.0 Å². The normalized spacial score (nSPS) is 13.0. The Labute approximate surface area is 146 Å². The van der Waals surface area contributed by atoms with Gasteiger partial charge in [-0.1, -0.05) is 24.3 Å². The van der Waals surface area contributed by atoms with E-state index in [2.05, 4.69) is 30.6 Å². The Morgan fingerprint density at radius 3 is 2.30 bits per heavy atom. The van der Waals surface area contributed by atoms with Gasteiger partial charge in [0.15, 0.2) is 5.78 Å². The van der Waals surface area contributed by atoms with Crippen LogP contribution in [-0.4, -0.2) is 21.9 Å². The molecule has 0 amide bonds. The number of carbonyl (C=O) groups is 1. The van der Waals surface area contributed by atoms with Crippen LogP contribution in [0.3, 0.4) is 0 Å². The lowest BCUT2D eigenvalue weighted by Crippen LogP contribution is -2.43. The van der Waals surface area contributed by atoms with Crippen LogP contribution in [0.5, 0.6) is 0 Å². The van der Waals surface area contributed by atoms with Gasteiger partial charge in [0.25, 0.3) is 0 Å². The fourth-order valence-electron chi connectivity index (χ4n) is 2.39. The summed E-state index contributed by atoms with van der Waals surface area (Å²) in [5, 5.41) is 21.6. The average Bonchev–Trinajstić information content (AvgIpc) is 2.45. The first-order valence-corrected chi connectivity index (χ1v) is 7.97. The second-order valence-corrected chi connectivity index (χ2v) is 6.41. The second-order valence-electron chi connectivity index (χ2n) is 5.48. The number of hydrogen-bond donors (Lipinski definition) is 5. The van der Waals surface area contributed by atoms with E-state index in [1.54, 1.807) is 43.3 Å². The summed E-state index contributed by atoms with van der Waals surface area (Å²) in [5.41, 5.74) is 1.64. The van der Waals surface area contributed by atoms with Crippen molar-refractivity contribution in [3.8, 4) is 0 Å². The number of aliphatic hydroxyl groups is 2. The largest absolute Gasteiger partial charge is 0.354 e. The number of benzene rings is 2. The predicted molar refractivity (Wildman–Crippen MR) is 95.2 cm³/mol. The van der Waals surface area contributed by atoms with Crippen LogP contribution in [0.15, 0.2) is 52.3 Å². The summed E-state index contributed by atoms with van der Waals surface area (Å²) < 4.78 is 0. The molecule has 1 atom stereocenters. The summed E-state index contributed by atoms with van der Waals surface area (Å²) in [6, 6.07) is 11.9. The lowest BCUT2D eigenvalue weighted by Gasteiger charge is -2.25. The number of thiol groups is 2. The van der Waals surface area contributed by atoms with Crippen molar-refractivity contribution in [2.24, 2.45) is 0 Å². The molecule has 3 N–H and O–H groups in total. The summed E-state index contributed by atoms with van der Waals surface area (Å²) in [6.45, 7) is 2.99. The quantitative estimate of drug-likeness (QED) is 0.327. The predicted octanol–water partition coefficient (Wildman–Crippen LogP) is 2.80. The van der Waals surface area contributed by atoms with Crippen molar-refractivity contribution in [2.75, 3.05) is 0 Å². The van der Waals surface area contributed by atoms with Gasteiger partial charge in [-0.3, -0.25) is 10.1 Å². The Kier molecular flexibility index (Phi) is 5.54. The minimum Gasteiger partial charge on any atom is -0.354 e. The maximum Gasteiger partial charge on any atom is 0.219 e. The highest BCUT2D eigenvalue weighted by molar-refractivity contribution is 7.80. The minimum atomic E-state index is -2.02. The number of rotatable bonds is 5. The summed E-state index contributed by atoms with van der Waals surface area (Å²) in [4.78, 5) is 13.8. The van der Waals surface area contributed by atoms with Gasteiger partial charge in [0.2, 0.25) is 5.91 Å². The molecule has 0 saturated heterocycles. The lowest BCUT2D eigenvalue weighted by atomic mass is 9.98. The summed E-state index contributed by atoms with van der Waals surface area (Å²) in [6.07, 6.45) is 0. The van der Waals surface area contributed by atoms with E-state index in [1.807, 2.05) is 6.07 Å². The van der Waals surface area contributed by atoms with Gasteiger partial charge in [0.05, 0.1) is 0 Å². The molecule has 0 saturated carbocycles. The number of carbonyl (C=O) groups excluding carboxylic acids is 1. The van der Waals surface area contributed by atoms with E-state index in [0.717, 1.165) is 0 Å². The highest BCUT2D eigenvalue weighted by Crippen LogP contribution is 2.28. The van der Waals surface area contributed by atoms with Gasteiger partial charge in [0.1, 0.15) is 0 Å². The average molecular weight is 349 g/mol. The zero-order valence-electron chi connectivity index (χ0n) is 12.8. The summed E-state index contributed by atoms with van der Waals surface area (Å²) >= 11 is 8.80. The first-order valence-electron chi connectivity index (χ1n) is 7.07. The van der Waals surface area contributed by atoms with Crippen LogP contribution in [0.4, 0.5) is 0 Å². The molecule has 23 heavy (non-hydrogen) atoms. The Balaban J connectivity index is 2.40. The Hall–Kier alpha value is -1.31. The molecule has 0 aliphatic heterocycles. The maximum absolute atomic E-state index is 12.7. The molecule has 6 heteroatoms. The van der Waals surface area contributed by atoms with Crippen LogP contribution in [0.2, 0.25) is 0 Å². The third-order valence-electron chi connectivity index (χ3n) is 3.42. The number of nitrogens with one attached hydrogen (secondary N) is 1. The van der Waals surface area contributed by atoms with E-state index in [1.165, 1.54) is 6.92 Å². The maximum atomic E-state index is 12.7. The van der Waals surface area contributed by atoms with Crippen molar-refractivity contribution in [1.82, 2.24) is 5.32 Å². The molecular formula is C17H19NO3S2. The van der Waals surface area contributed by atoms with Gasteiger partial charge < -0.3 is 10.2 Å². The Morgan fingerprint density at radius 2 is 1.70 bits per heavy atom. The molecule has 0 aliphatic rings. The van der Waals surface area contributed by atoms with Crippen LogP contribution in [0.25, 0.3) is 0 Å². The molecule has 0 aliphatic carbocycles. The van der Waals surface area contributed by atoms with E-state index < -0.39 is 12.0 Å². The first kappa shape index (κ1) is 18.0. The van der Waals surface area contributed by atoms with Crippen LogP contribution in [-0.2, 0) is 0 Å². The zero-order chi connectivity index (χ0) is 17.2. The fraction of sp³-hybridized carbons (Fsp3) is 0.235. The van der Waals surface area contributed by atoms with E-state index in [9.17, 15) is 15.0 Å². The molecule has 1 unspecified atom stereocenters. The summed E-state index contributed by atoms with van der Waals surface area (Å²) in [7, 11) is 0. The Morgan fingerprint density at radius 1 is 1.09 bits per heavy atom. The van der Waals surface area contributed by atoms with Gasteiger partial charge in [-0.05, 0) is 30.7 Å². The van der Waals surface area contributed by atoms with Crippen LogP contribution in [0.1, 0.15) is 41.4 Å². The molecule has 4 nitrogen and oxygen atoms in total. The molecule has 2 aromatic rings. The second kappa shape index (κ2) is 7.07. The highest BCUT2D eigenvalue weighted by atomic mass is 32.1. The van der Waals surface area contributed by atoms with Gasteiger partial charge in [0, 0.05) is 33.9 Å². The molecule has 0 radical (unpaired) electrons. The van der Waals surface area contributed by atoms with Crippen molar-refractivity contribution >= 4 is 31.0 Å². The Bertz CT molecular complexity index is 726. The van der Waals surface area contributed by atoms with Gasteiger partial charge in [-0.2, -0.15) is 0 Å². The molecule has 0 spiro atoms. The van der Waals surface area contributed by atoms with E-state index in [0.29, 0.717) is 26.5 Å². The minimum absolute atomic E-state index is 0.176. The summed E-state index contributed by atoms with van der Waals surface area (Å²) in [5.74, 6) is -2.19. The van der Waals surface area contributed by atoms with Crippen molar-refractivity contribution in [1.29, 1.82) is 0 Å². The standard InChI is InChI=1S/C17H19NO3S2/c1-10(18-17(2,20)21)11-7-5-8-13(16(11)23)15(19)12-6-3-4-9-14(12)22/h3-10,18,20-23H,1-2H3. The molecule has 122 valence electrons. The van der Waals surface area contributed by atoms with E-state index in [4.69, 9.17) is 0 Å². The molecule has 0 bridgehead atoms. The molecule has 2 rings (SSSR count). The molecule has 2 aromatic carbocycles. The van der Waals surface area contributed by atoms with Crippen LogP contribution < -0.4 is 5.32 Å². The molecule has 0 heterocycles. The van der Waals surface area contributed by atoms with Gasteiger partial charge in [-0.15, -0.1) is 25.3 Å². The van der Waals surface area contributed by atoms with Gasteiger partial charge in [-0.25, -0.2) is 0 Å². The first-order chi connectivity index (χ1) is 10.7. The van der Waals surface area contributed by atoms with Crippen molar-refractivity contribution in [3.63, 3.8) is 0 Å². The lowest BCUT2D eigenvalue weighted by molar-refractivity contribution is -0.175. The van der Waals surface area contributed by atoms with Crippen molar-refractivity contribution in [2.45, 2.75) is 35.6 Å². The topological polar surface area (TPSA) is 69.6 Å². The van der Waals surface area contributed by atoms with Crippen molar-refractivity contribution in [3.05, 3.63) is 59.2 Å². The van der Waals surface area contributed by atoms with Crippen LogP contribution >= 0.6 is 25.3 Å². The number of ketones is 1. The smallest absolute Gasteiger partial charge is 0.219 e. The molecule has 0 fully saturated rings. The van der Waals surface area contributed by atoms with Crippen LogP contribution in [0, 0.1) is 0 Å². The monoisotopic (exact) mass is 349 g/mol. The third kappa shape index (κ3) is 4.37. The van der Waals surface area contributed by atoms with E-state index in [-0.39, 0.29) is 5.78 Å². The molecule has 0 aromatic heterocycles. The fourth-order valence-corrected chi connectivity index (χ4v) is 3.10. The van der Waals surface area contributed by atoms with Gasteiger partial charge >= 0.3 is 0 Å². The molecular weight excluding hydrogens is 330 g/mol. The van der Waals surface area contributed by atoms with E-state index >= 15 is 0 Å².